The van der Waals surface area contributed by atoms with E-state index in [0.29, 0.717) is 36.3 Å². The Bertz CT molecular complexity index is 962. The fourth-order valence-corrected chi connectivity index (χ4v) is 5.11. The van der Waals surface area contributed by atoms with Crippen LogP contribution in [0.4, 0.5) is 10.1 Å². The molecule has 1 aliphatic heterocycles. The van der Waals surface area contributed by atoms with Crippen molar-refractivity contribution in [3.63, 3.8) is 0 Å². The fraction of sp³-hybridized carbons (Fsp3) is 0.316. The molecule has 6 nitrogen and oxygen atoms in total. The van der Waals surface area contributed by atoms with E-state index in [0.717, 1.165) is 0 Å². The zero-order valence-corrected chi connectivity index (χ0v) is 17.7. The third kappa shape index (κ3) is 4.78. The molecule has 1 amide bonds. The summed E-state index contributed by atoms with van der Waals surface area (Å²) in [4.78, 5) is 14.6. The molecule has 0 bridgehead atoms. The molecule has 9 heteroatoms. The summed E-state index contributed by atoms with van der Waals surface area (Å²) in [6.45, 7) is 3.22. The summed E-state index contributed by atoms with van der Waals surface area (Å²) in [6, 6.07) is 11.9. The van der Waals surface area contributed by atoms with Gasteiger partial charge in [-0.15, -0.1) is 0 Å². The summed E-state index contributed by atoms with van der Waals surface area (Å²) >= 11 is 3.30. The van der Waals surface area contributed by atoms with Crippen LogP contribution in [0.5, 0.6) is 0 Å². The third-order valence-electron chi connectivity index (χ3n) is 4.73. The van der Waals surface area contributed by atoms with Gasteiger partial charge in [-0.05, 0) is 43.3 Å². The molecule has 1 atom stereocenters. The number of rotatable bonds is 5. The van der Waals surface area contributed by atoms with E-state index in [1.54, 1.807) is 37.3 Å². The van der Waals surface area contributed by atoms with Crippen molar-refractivity contribution in [3.05, 3.63) is 58.8 Å². The number of hydrogen-bond donors (Lipinski definition) is 1. The predicted molar refractivity (Wildman–Crippen MR) is 109 cm³/mol. The quantitative estimate of drug-likeness (QED) is 0.730. The van der Waals surface area contributed by atoms with E-state index >= 15 is 0 Å². The molecule has 2 aromatic carbocycles. The van der Waals surface area contributed by atoms with Crippen molar-refractivity contribution in [3.8, 4) is 0 Å². The van der Waals surface area contributed by atoms with E-state index in [9.17, 15) is 17.6 Å². The van der Waals surface area contributed by atoms with Crippen molar-refractivity contribution >= 4 is 37.5 Å². The summed E-state index contributed by atoms with van der Waals surface area (Å²) < 4.78 is 41.0. The number of anilines is 1. The molecule has 0 saturated carbocycles. The maximum absolute atomic E-state index is 13.3. The Morgan fingerprint density at radius 2 is 1.79 bits per heavy atom. The first-order valence-corrected chi connectivity index (χ1v) is 11.1. The van der Waals surface area contributed by atoms with Gasteiger partial charge < -0.3 is 5.32 Å². The fourth-order valence-electron chi connectivity index (χ4n) is 3.09. The van der Waals surface area contributed by atoms with E-state index in [4.69, 9.17) is 0 Å². The second-order valence-corrected chi connectivity index (χ2v) is 9.43. The lowest BCUT2D eigenvalue weighted by Gasteiger charge is -2.36. The highest BCUT2D eigenvalue weighted by atomic mass is 79.9. The highest BCUT2D eigenvalue weighted by molar-refractivity contribution is 9.10. The largest absolute Gasteiger partial charge is 0.325 e. The van der Waals surface area contributed by atoms with Crippen LogP contribution in [0, 0.1) is 5.82 Å². The maximum atomic E-state index is 13.3. The number of piperazine rings is 1. The number of nitrogens with one attached hydrogen (secondary N) is 1. The number of amides is 1. The van der Waals surface area contributed by atoms with E-state index in [1.165, 1.54) is 22.5 Å². The van der Waals surface area contributed by atoms with Gasteiger partial charge in [0.1, 0.15) is 5.82 Å². The van der Waals surface area contributed by atoms with Gasteiger partial charge >= 0.3 is 0 Å². The lowest BCUT2D eigenvalue weighted by Crippen LogP contribution is -2.53. The van der Waals surface area contributed by atoms with Crippen LogP contribution in [-0.4, -0.2) is 55.8 Å². The van der Waals surface area contributed by atoms with Gasteiger partial charge in [0.05, 0.1) is 10.9 Å². The average Bonchev–Trinajstić information content (AvgIpc) is 2.67. The first-order valence-electron chi connectivity index (χ1n) is 8.83. The number of halogens is 2. The van der Waals surface area contributed by atoms with Crippen molar-refractivity contribution in [2.75, 3.05) is 31.5 Å². The first kappa shape index (κ1) is 20.9. The van der Waals surface area contributed by atoms with Crippen LogP contribution in [0.15, 0.2) is 57.9 Å². The van der Waals surface area contributed by atoms with Gasteiger partial charge in [-0.3, -0.25) is 9.69 Å². The van der Waals surface area contributed by atoms with Crippen LogP contribution in [0.1, 0.15) is 6.92 Å². The zero-order chi connectivity index (χ0) is 20.3. The van der Waals surface area contributed by atoms with Gasteiger partial charge in [-0.2, -0.15) is 4.31 Å². The molecule has 3 rings (SSSR count). The molecule has 0 aliphatic carbocycles. The number of carbonyl (C=O) groups excluding carboxylic acids is 1. The Labute approximate surface area is 172 Å². The van der Waals surface area contributed by atoms with E-state index in [2.05, 4.69) is 21.2 Å². The van der Waals surface area contributed by atoms with Gasteiger partial charge in [0.15, 0.2) is 0 Å². The Balaban J connectivity index is 1.60. The molecule has 0 radical (unpaired) electrons. The molecule has 28 heavy (non-hydrogen) atoms. The molecule has 0 spiro atoms. The van der Waals surface area contributed by atoms with Crippen LogP contribution in [0.2, 0.25) is 0 Å². The lowest BCUT2D eigenvalue weighted by molar-refractivity contribution is -0.121. The van der Waals surface area contributed by atoms with Gasteiger partial charge in [-0.1, -0.05) is 28.1 Å². The summed E-state index contributed by atoms with van der Waals surface area (Å²) in [6.07, 6.45) is 0. The first-order chi connectivity index (χ1) is 13.3. The maximum Gasteiger partial charge on any atom is 0.243 e. The standard InChI is InChI=1S/C19H21BrFN3O3S/c1-14(19(25)22-17-6-3-5-16(21)13-17)23-8-10-24(11-9-23)28(26,27)18-7-2-4-15(20)12-18/h2-7,12-14H,8-11H2,1H3,(H,22,25). The number of carbonyl (C=O) groups is 1. The summed E-state index contributed by atoms with van der Waals surface area (Å²) in [5, 5.41) is 2.70. The molecule has 150 valence electrons. The number of nitrogens with zero attached hydrogens (tertiary/aromatic N) is 2. The average molecular weight is 470 g/mol. The predicted octanol–water partition coefficient (Wildman–Crippen LogP) is 2.92. The van der Waals surface area contributed by atoms with Crippen molar-refractivity contribution in [1.29, 1.82) is 0 Å². The Hall–Kier alpha value is -1.81. The van der Waals surface area contributed by atoms with Crippen molar-refractivity contribution in [1.82, 2.24) is 9.21 Å². The third-order valence-corrected chi connectivity index (χ3v) is 7.11. The smallest absolute Gasteiger partial charge is 0.243 e. The number of benzene rings is 2. The molecule has 1 saturated heterocycles. The van der Waals surface area contributed by atoms with Crippen LogP contribution >= 0.6 is 15.9 Å². The van der Waals surface area contributed by atoms with E-state index in [1.807, 2.05) is 4.90 Å². The molecular weight excluding hydrogens is 449 g/mol. The molecular formula is C19H21BrFN3O3S. The SMILES string of the molecule is CC(C(=O)Nc1cccc(F)c1)N1CCN(S(=O)(=O)c2cccc(Br)c2)CC1. The van der Waals surface area contributed by atoms with Crippen LogP contribution in [-0.2, 0) is 14.8 Å². The van der Waals surface area contributed by atoms with Gasteiger partial charge in [0, 0.05) is 36.3 Å². The summed E-state index contributed by atoms with van der Waals surface area (Å²) in [7, 11) is -3.57. The minimum atomic E-state index is -3.57. The number of hydrogen-bond acceptors (Lipinski definition) is 4. The van der Waals surface area contributed by atoms with Gasteiger partial charge in [-0.25, -0.2) is 12.8 Å². The Morgan fingerprint density at radius 3 is 2.43 bits per heavy atom. The zero-order valence-electron chi connectivity index (χ0n) is 15.3. The summed E-state index contributed by atoms with van der Waals surface area (Å²) in [5.74, 6) is -0.675. The Kier molecular flexibility index (Phi) is 6.49. The lowest BCUT2D eigenvalue weighted by atomic mass is 10.2. The van der Waals surface area contributed by atoms with Crippen molar-refractivity contribution in [2.24, 2.45) is 0 Å². The van der Waals surface area contributed by atoms with Gasteiger partial charge in [0.2, 0.25) is 15.9 Å². The minimum absolute atomic E-state index is 0.243. The Morgan fingerprint density at radius 1 is 1.11 bits per heavy atom. The topological polar surface area (TPSA) is 69.7 Å². The van der Waals surface area contributed by atoms with Crippen LogP contribution < -0.4 is 5.32 Å². The van der Waals surface area contributed by atoms with Gasteiger partial charge in [0.25, 0.3) is 0 Å². The molecule has 2 aromatic rings. The van der Waals surface area contributed by atoms with E-state index < -0.39 is 21.9 Å². The molecule has 1 heterocycles. The van der Waals surface area contributed by atoms with E-state index in [-0.39, 0.29) is 10.8 Å². The normalized spacial score (nSPS) is 17.2. The monoisotopic (exact) mass is 469 g/mol. The van der Waals surface area contributed by atoms with Crippen LogP contribution in [0.3, 0.4) is 0 Å². The second-order valence-electron chi connectivity index (χ2n) is 6.57. The molecule has 1 fully saturated rings. The summed E-state index contributed by atoms with van der Waals surface area (Å²) in [5.41, 5.74) is 0.396. The van der Waals surface area contributed by atoms with Crippen molar-refractivity contribution < 1.29 is 17.6 Å². The van der Waals surface area contributed by atoms with Crippen molar-refractivity contribution in [2.45, 2.75) is 17.9 Å². The highest BCUT2D eigenvalue weighted by Gasteiger charge is 2.31. The molecule has 0 aromatic heterocycles. The second kappa shape index (κ2) is 8.69. The van der Waals surface area contributed by atoms with Crippen LogP contribution in [0.25, 0.3) is 0 Å². The number of sulfonamides is 1. The molecule has 1 aliphatic rings. The minimum Gasteiger partial charge on any atom is -0.325 e. The molecule has 1 unspecified atom stereocenters. The highest BCUT2D eigenvalue weighted by Crippen LogP contribution is 2.22. The molecule has 1 N–H and O–H groups in total.